The molecule has 0 saturated heterocycles. The molecule has 0 amide bonds. The Kier molecular flexibility index (Phi) is 7.79. The molecule has 1 aliphatic rings. The summed E-state index contributed by atoms with van der Waals surface area (Å²) in [4.78, 5) is 12.1. The van der Waals surface area contributed by atoms with Gasteiger partial charge in [-0.15, -0.1) is 0 Å². The van der Waals surface area contributed by atoms with E-state index in [1.54, 1.807) is 0 Å². The molecule has 0 spiro atoms. The zero-order valence-corrected chi connectivity index (χ0v) is 14.0. The molecule has 1 rings (SSSR count). The van der Waals surface area contributed by atoms with E-state index in [9.17, 15) is 4.79 Å². The lowest BCUT2D eigenvalue weighted by Gasteiger charge is -2.38. The van der Waals surface area contributed by atoms with Gasteiger partial charge in [-0.3, -0.25) is 4.79 Å². The number of unbranched alkanes of at least 4 members (excludes halogenated alkanes) is 2. The highest BCUT2D eigenvalue weighted by Crippen LogP contribution is 2.43. The predicted octanol–water partition coefficient (Wildman–Crippen LogP) is 5.00. The highest BCUT2D eigenvalue weighted by Gasteiger charge is 2.38. The lowest BCUT2D eigenvalue weighted by molar-refractivity contribution is -0.130. The zero-order valence-electron chi connectivity index (χ0n) is 14.0. The van der Waals surface area contributed by atoms with Crippen LogP contribution in [0.1, 0.15) is 79.1 Å². The van der Waals surface area contributed by atoms with Gasteiger partial charge in [0.2, 0.25) is 0 Å². The molecule has 1 aliphatic carbocycles. The summed E-state index contributed by atoms with van der Waals surface area (Å²) in [6.45, 7) is 10.2. The number of ether oxygens (including phenoxy) is 1. The van der Waals surface area contributed by atoms with Crippen molar-refractivity contribution in [3.05, 3.63) is 0 Å². The van der Waals surface area contributed by atoms with Gasteiger partial charge in [-0.05, 0) is 50.9 Å². The molecule has 0 aliphatic heterocycles. The monoisotopic (exact) mass is 282 g/mol. The number of ketones is 1. The van der Waals surface area contributed by atoms with E-state index >= 15 is 0 Å². The van der Waals surface area contributed by atoms with E-state index in [4.69, 9.17) is 4.74 Å². The van der Waals surface area contributed by atoms with Gasteiger partial charge in [0.15, 0.2) is 0 Å². The van der Waals surface area contributed by atoms with Gasteiger partial charge in [-0.25, -0.2) is 0 Å². The summed E-state index contributed by atoms with van der Waals surface area (Å²) in [5, 5.41) is 0. The van der Waals surface area contributed by atoms with Gasteiger partial charge in [0.05, 0.1) is 0 Å². The summed E-state index contributed by atoms with van der Waals surface area (Å²) in [7, 11) is 0. The highest BCUT2D eigenvalue weighted by molar-refractivity contribution is 5.82. The van der Waals surface area contributed by atoms with Crippen molar-refractivity contribution in [2.75, 3.05) is 13.2 Å². The molecule has 0 unspecified atom stereocenters. The summed E-state index contributed by atoms with van der Waals surface area (Å²) < 4.78 is 5.78. The Labute approximate surface area is 125 Å². The SMILES string of the molecule is CCCCCC1(C(C)=O)CCC(COCC(C)C)CC1. The first-order valence-corrected chi connectivity index (χ1v) is 8.59. The van der Waals surface area contributed by atoms with E-state index in [0.29, 0.717) is 17.6 Å². The number of carbonyl (C=O) groups excluding carboxylic acids is 1. The molecule has 1 saturated carbocycles. The molecular formula is C18H34O2. The van der Waals surface area contributed by atoms with Crippen LogP contribution in [0.2, 0.25) is 0 Å². The highest BCUT2D eigenvalue weighted by atomic mass is 16.5. The molecule has 2 nitrogen and oxygen atoms in total. The van der Waals surface area contributed by atoms with Crippen molar-refractivity contribution < 1.29 is 9.53 Å². The minimum atomic E-state index is 0.00369. The first-order chi connectivity index (χ1) is 9.50. The summed E-state index contributed by atoms with van der Waals surface area (Å²) in [5.74, 6) is 1.71. The average Bonchev–Trinajstić information content (AvgIpc) is 2.40. The van der Waals surface area contributed by atoms with Crippen LogP contribution < -0.4 is 0 Å². The van der Waals surface area contributed by atoms with Gasteiger partial charge < -0.3 is 4.74 Å². The number of carbonyl (C=O) groups is 1. The Bertz CT molecular complexity index is 275. The van der Waals surface area contributed by atoms with Crippen LogP contribution in [-0.4, -0.2) is 19.0 Å². The van der Waals surface area contributed by atoms with Gasteiger partial charge in [-0.2, -0.15) is 0 Å². The fourth-order valence-corrected chi connectivity index (χ4v) is 3.36. The minimum Gasteiger partial charge on any atom is -0.381 e. The first kappa shape index (κ1) is 17.7. The van der Waals surface area contributed by atoms with Crippen molar-refractivity contribution in [1.29, 1.82) is 0 Å². The smallest absolute Gasteiger partial charge is 0.135 e. The van der Waals surface area contributed by atoms with Crippen LogP contribution in [-0.2, 0) is 9.53 Å². The van der Waals surface area contributed by atoms with Crippen LogP contribution in [0.3, 0.4) is 0 Å². The Morgan fingerprint density at radius 1 is 1.25 bits per heavy atom. The number of rotatable bonds is 9. The van der Waals surface area contributed by atoms with Gasteiger partial charge in [0.25, 0.3) is 0 Å². The number of Topliss-reactive ketones (excluding diaryl/α,β-unsaturated/α-hetero) is 1. The van der Waals surface area contributed by atoms with Crippen molar-refractivity contribution in [3.63, 3.8) is 0 Å². The van der Waals surface area contributed by atoms with Gasteiger partial charge >= 0.3 is 0 Å². The second-order valence-corrected chi connectivity index (χ2v) is 7.17. The van der Waals surface area contributed by atoms with E-state index in [1.807, 2.05) is 6.92 Å². The maximum Gasteiger partial charge on any atom is 0.135 e. The predicted molar refractivity (Wildman–Crippen MR) is 84.9 cm³/mol. The van der Waals surface area contributed by atoms with Crippen LogP contribution in [0.25, 0.3) is 0 Å². The summed E-state index contributed by atoms with van der Waals surface area (Å²) >= 11 is 0. The molecule has 0 bridgehead atoms. The Morgan fingerprint density at radius 2 is 1.90 bits per heavy atom. The minimum absolute atomic E-state index is 0.00369. The molecule has 0 radical (unpaired) electrons. The van der Waals surface area contributed by atoms with E-state index in [0.717, 1.165) is 32.5 Å². The number of hydrogen-bond acceptors (Lipinski definition) is 2. The summed E-state index contributed by atoms with van der Waals surface area (Å²) in [5.41, 5.74) is 0.00369. The number of hydrogen-bond donors (Lipinski definition) is 0. The molecule has 0 aromatic heterocycles. The fourth-order valence-electron chi connectivity index (χ4n) is 3.36. The second kappa shape index (κ2) is 8.81. The molecule has 1 fully saturated rings. The molecule has 0 heterocycles. The van der Waals surface area contributed by atoms with Crippen LogP contribution in [0, 0.1) is 17.3 Å². The molecule has 2 heteroatoms. The lowest BCUT2D eigenvalue weighted by atomic mass is 9.66. The molecule has 0 N–H and O–H groups in total. The first-order valence-electron chi connectivity index (χ1n) is 8.59. The summed E-state index contributed by atoms with van der Waals surface area (Å²) in [6.07, 6.45) is 9.33. The quantitative estimate of drug-likeness (QED) is 0.556. The standard InChI is InChI=1S/C18H34O2/c1-5-6-7-10-18(16(4)19)11-8-17(9-12-18)14-20-13-15(2)3/h15,17H,5-14H2,1-4H3. The maximum atomic E-state index is 12.1. The van der Waals surface area contributed by atoms with Crippen molar-refractivity contribution >= 4 is 5.78 Å². The van der Waals surface area contributed by atoms with Crippen LogP contribution in [0.15, 0.2) is 0 Å². The van der Waals surface area contributed by atoms with E-state index < -0.39 is 0 Å². The topological polar surface area (TPSA) is 26.3 Å². The van der Waals surface area contributed by atoms with Crippen molar-refractivity contribution in [2.45, 2.75) is 79.1 Å². The van der Waals surface area contributed by atoms with Crippen molar-refractivity contribution in [3.8, 4) is 0 Å². The third-order valence-corrected chi connectivity index (χ3v) is 4.87. The van der Waals surface area contributed by atoms with Gasteiger partial charge in [0, 0.05) is 18.6 Å². The van der Waals surface area contributed by atoms with E-state index in [-0.39, 0.29) is 5.41 Å². The molecule has 0 atom stereocenters. The maximum absolute atomic E-state index is 12.1. The third kappa shape index (κ3) is 5.55. The normalized spacial score (nSPS) is 26.9. The zero-order chi connectivity index (χ0) is 15.0. The molecular weight excluding hydrogens is 248 g/mol. The molecule has 118 valence electrons. The average molecular weight is 282 g/mol. The third-order valence-electron chi connectivity index (χ3n) is 4.87. The summed E-state index contributed by atoms with van der Waals surface area (Å²) in [6, 6.07) is 0. The molecule has 20 heavy (non-hydrogen) atoms. The molecule has 0 aromatic rings. The van der Waals surface area contributed by atoms with Crippen LogP contribution in [0.5, 0.6) is 0 Å². The fraction of sp³-hybridized carbons (Fsp3) is 0.944. The Balaban J connectivity index is 2.37. The largest absolute Gasteiger partial charge is 0.381 e. The second-order valence-electron chi connectivity index (χ2n) is 7.17. The van der Waals surface area contributed by atoms with Crippen molar-refractivity contribution in [1.82, 2.24) is 0 Å². The Morgan fingerprint density at radius 3 is 2.40 bits per heavy atom. The lowest BCUT2D eigenvalue weighted by Crippen LogP contribution is -2.35. The van der Waals surface area contributed by atoms with Gasteiger partial charge in [-0.1, -0.05) is 40.0 Å². The van der Waals surface area contributed by atoms with Crippen LogP contribution in [0.4, 0.5) is 0 Å². The Hall–Kier alpha value is -0.370. The van der Waals surface area contributed by atoms with Crippen LogP contribution >= 0.6 is 0 Å². The van der Waals surface area contributed by atoms with E-state index in [2.05, 4.69) is 20.8 Å². The molecule has 0 aromatic carbocycles. The van der Waals surface area contributed by atoms with E-state index in [1.165, 1.54) is 32.1 Å². The van der Waals surface area contributed by atoms with Gasteiger partial charge in [0.1, 0.15) is 5.78 Å². The van der Waals surface area contributed by atoms with Crippen molar-refractivity contribution in [2.24, 2.45) is 17.3 Å².